The van der Waals surface area contributed by atoms with E-state index in [4.69, 9.17) is 16.3 Å². The number of thiophene rings is 1. The van der Waals surface area contributed by atoms with Gasteiger partial charge in [0, 0.05) is 21.0 Å². The number of ether oxygens (including phenoxy) is 1. The molecule has 1 N–H and O–H groups in total. The molecule has 0 spiro atoms. The van der Waals surface area contributed by atoms with Gasteiger partial charge in [-0.05, 0) is 23.8 Å². The van der Waals surface area contributed by atoms with Crippen LogP contribution in [0.15, 0.2) is 35.7 Å². The van der Waals surface area contributed by atoms with Crippen LogP contribution in [0.3, 0.4) is 0 Å². The SMILES string of the molecule is Clc1cccc(-c2cc(NC3CO3)cs2)c1. The molecule has 0 amide bonds. The van der Waals surface area contributed by atoms with Gasteiger partial charge in [0.2, 0.25) is 0 Å². The minimum absolute atomic E-state index is 0.210. The van der Waals surface area contributed by atoms with E-state index >= 15 is 0 Å². The summed E-state index contributed by atoms with van der Waals surface area (Å²) in [6.07, 6.45) is 0.210. The van der Waals surface area contributed by atoms with Gasteiger partial charge in [-0.1, -0.05) is 23.7 Å². The fraction of sp³-hybridized carbons (Fsp3) is 0.167. The van der Waals surface area contributed by atoms with Crippen molar-refractivity contribution in [2.75, 3.05) is 11.9 Å². The van der Waals surface area contributed by atoms with Crippen molar-refractivity contribution in [3.8, 4) is 10.4 Å². The highest BCUT2D eigenvalue weighted by molar-refractivity contribution is 7.14. The van der Waals surface area contributed by atoms with Crippen LogP contribution in [0.25, 0.3) is 10.4 Å². The van der Waals surface area contributed by atoms with Gasteiger partial charge in [0.15, 0.2) is 6.23 Å². The lowest BCUT2D eigenvalue weighted by molar-refractivity contribution is 0.428. The van der Waals surface area contributed by atoms with Crippen LogP contribution in [0.4, 0.5) is 5.69 Å². The van der Waals surface area contributed by atoms with Crippen molar-refractivity contribution in [1.82, 2.24) is 0 Å². The quantitative estimate of drug-likeness (QED) is 0.839. The third kappa shape index (κ3) is 2.21. The Labute approximate surface area is 103 Å². The number of hydrogen-bond acceptors (Lipinski definition) is 3. The van der Waals surface area contributed by atoms with Crippen LogP contribution in [0.2, 0.25) is 5.02 Å². The van der Waals surface area contributed by atoms with Crippen molar-refractivity contribution in [2.24, 2.45) is 0 Å². The summed E-state index contributed by atoms with van der Waals surface area (Å²) in [7, 11) is 0. The predicted molar refractivity (Wildman–Crippen MR) is 68.1 cm³/mol. The van der Waals surface area contributed by atoms with Crippen LogP contribution in [0.5, 0.6) is 0 Å². The van der Waals surface area contributed by atoms with Crippen LogP contribution in [-0.2, 0) is 4.74 Å². The molecule has 2 aromatic rings. The van der Waals surface area contributed by atoms with Crippen LogP contribution in [0, 0.1) is 0 Å². The van der Waals surface area contributed by atoms with E-state index in [-0.39, 0.29) is 6.23 Å². The lowest BCUT2D eigenvalue weighted by Gasteiger charge is -1.98. The van der Waals surface area contributed by atoms with Gasteiger partial charge >= 0.3 is 0 Å². The molecule has 3 rings (SSSR count). The third-order valence-electron chi connectivity index (χ3n) is 2.37. The van der Waals surface area contributed by atoms with Crippen molar-refractivity contribution >= 4 is 28.6 Å². The summed E-state index contributed by atoms with van der Waals surface area (Å²) in [5.74, 6) is 0. The Morgan fingerprint density at radius 3 is 3.00 bits per heavy atom. The molecule has 1 aromatic carbocycles. The average molecular weight is 252 g/mol. The largest absolute Gasteiger partial charge is 0.358 e. The molecule has 0 saturated carbocycles. The standard InChI is InChI=1S/C12H10ClNOS/c13-9-3-1-2-8(4-9)11-5-10(7-16-11)14-12-6-15-12/h1-5,7,12,14H,6H2. The Balaban J connectivity index is 1.85. The number of hydrogen-bond donors (Lipinski definition) is 1. The molecule has 1 aromatic heterocycles. The summed E-state index contributed by atoms with van der Waals surface area (Å²) < 4.78 is 5.12. The molecule has 1 unspecified atom stereocenters. The normalized spacial score (nSPS) is 18.4. The topological polar surface area (TPSA) is 24.6 Å². The number of halogens is 1. The lowest BCUT2D eigenvalue weighted by Crippen LogP contribution is -2.00. The van der Waals surface area contributed by atoms with E-state index in [0.29, 0.717) is 0 Å². The molecular formula is C12H10ClNOS. The highest BCUT2D eigenvalue weighted by Crippen LogP contribution is 2.32. The highest BCUT2D eigenvalue weighted by Gasteiger charge is 2.22. The molecule has 16 heavy (non-hydrogen) atoms. The predicted octanol–water partition coefficient (Wildman–Crippen LogP) is 3.84. The summed E-state index contributed by atoms with van der Waals surface area (Å²) in [6.45, 7) is 0.808. The second-order valence-corrected chi connectivity index (χ2v) is 5.02. The van der Waals surface area contributed by atoms with E-state index in [1.54, 1.807) is 11.3 Å². The van der Waals surface area contributed by atoms with E-state index in [1.165, 1.54) is 4.88 Å². The van der Waals surface area contributed by atoms with Gasteiger partial charge < -0.3 is 10.1 Å². The molecule has 0 bridgehead atoms. The van der Waals surface area contributed by atoms with Crippen LogP contribution >= 0.6 is 22.9 Å². The molecule has 4 heteroatoms. The molecule has 2 heterocycles. The molecule has 82 valence electrons. The average Bonchev–Trinajstić information content (AvgIpc) is 2.94. The monoisotopic (exact) mass is 251 g/mol. The van der Waals surface area contributed by atoms with Crippen molar-refractivity contribution in [2.45, 2.75) is 6.23 Å². The molecular weight excluding hydrogens is 242 g/mol. The van der Waals surface area contributed by atoms with Gasteiger partial charge in [0.1, 0.15) is 0 Å². The second kappa shape index (κ2) is 4.09. The van der Waals surface area contributed by atoms with E-state index in [1.807, 2.05) is 18.2 Å². The number of rotatable bonds is 3. The highest BCUT2D eigenvalue weighted by atomic mass is 35.5. The van der Waals surface area contributed by atoms with Crippen molar-refractivity contribution < 1.29 is 4.74 Å². The van der Waals surface area contributed by atoms with E-state index in [0.717, 1.165) is 22.9 Å². The second-order valence-electron chi connectivity index (χ2n) is 3.68. The van der Waals surface area contributed by atoms with Gasteiger partial charge in [0.05, 0.1) is 6.61 Å². The summed E-state index contributed by atoms with van der Waals surface area (Å²) in [4.78, 5) is 1.21. The van der Waals surface area contributed by atoms with Crippen molar-refractivity contribution in [3.05, 3.63) is 40.7 Å². The van der Waals surface area contributed by atoms with Gasteiger partial charge in [-0.3, -0.25) is 0 Å². The Hall–Kier alpha value is -1.03. The molecule has 0 aliphatic carbocycles. The van der Waals surface area contributed by atoms with Crippen LogP contribution in [0.1, 0.15) is 0 Å². The molecule has 1 aliphatic rings. The minimum atomic E-state index is 0.210. The smallest absolute Gasteiger partial charge is 0.151 e. The molecule has 1 fully saturated rings. The Kier molecular flexibility index (Phi) is 2.59. The Morgan fingerprint density at radius 2 is 2.25 bits per heavy atom. The third-order valence-corrected chi connectivity index (χ3v) is 3.58. The van der Waals surface area contributed by atoms with Crippen LogP contribution in [-0.4, -0.2) is 12.8 Å². The van der Waals surface area contributed by atoms with Gasteiger partial charge in [-0.15, -0.1) is 11.3 Å². The number of benzene rings is 1. The summed E-state index contributed by atoms with van der Waals surface area (Å²) in [5, 5.41) is 6.14. The summed E-state index contributed by atoms with van der Waals surface area (Å²) in [5.41, 5.74) is 2.27. The fourth-order valence-electron chi connectivity index (χ4n) is 1.52. The zero-order valence-electron chi connectivity index (χ0n) is 8.44. The fourth-order valence-corrected chi connectivity index (χ4v) is 2.56. The van der Waals surface area contributed by atoms with Gasteiger partial charge in [-0.2, -0.15) is 0 Å². The van der Waals surface area contributed by atoms with E-state index < -0.39 is 0 Å². The summed E-state index contributed by atoms with van der Waals surface area (Å²) in [6, 6.07) is 10.0. The first kappa shape index (κ1) is 10.1. The molecule has 2 nitrogen and oxygen atoms in total. The number of anilines is 1. The van der Waals surface area contributed by atoms with E-state index in [2.05, 4.69) is 22.8 Å². The maximum Gasteiger partial charge on any atom is 0.151 e. The van der Waals surface area contributed by atoms with Crippen LogP contribution < -0.4 is 5.32 Å². The number of nitrogens with one attached hydrogen (secondary N) is 1. The van der Waals surface area contributed by atoms with Crippen molar-refractivity contribution in [1.29, 1.82) is 0 Å². The van der Waals surface area contributed by atoms with Gasteiger partial charge in [0.25, 0.3) is 0 Å². The maximum atomic E-state index is 5.96. The zero-order chi connectivity index (χ0) is 11.0. The first-order chi connectivity index (χ1) is 7.81. The Morgan fingerprint density at radius 1 is 1.38 bits per heavy atom. The first-order valence-corrected chi connectivity index (χ1v) is 6.30. The minimum Gasteiger partial charge on any atom is -0.358 e. The lowest BCUT2D eigenvalue weighted by atomic mass is 10.2. The molecule has 1 atom stereocenters. The zero-order valence-corrected chi connectivity index (χ0v) is 10.0. The van der Waals surface area contributed by atoms with E-state index in [9.17, 15) is 0 Å². The summed E-state index contributed by atoms with van der Waals surface area (Å²) >= 11 is 7.67. The molecule has 1 saturated heterocycles. The molecule has 0 radical (unpaired) electrons. The molecule has 1 aliphatic heterocycles. The maximum absolute atomic E-state index is 5.96. The Bertz CT molecular complexity index is 507. The first-order valence-electron chi connectivity index (χ1n) is 5.04. The van der Waals surface area contributed by atoms with Gasteiger partial charge in [-0.25, -0.2) is 0 Å². The van der Waals surface area contributed by atoms with Crippen molar-refractivity contribution in [3.63, 3.8) is 0 Å². The number of epoxide rings is 1.